The van der Waals surface area contributed by atoms with Gasteiger partial charge < -0.3 is 10.5 Å². The number of aromatic nitrogens is 3. The third-order valence-corrected chi connectivity index (χ3v) is 2.47. The predicted molar refractivity (Wildman–Crippen MR) is 80.6 cm³/mol. The Bertz CT molecular complexity index is 649. The third-order valence-electron chi connectivity index (χ3n) is 2.47. The van der Waals surface area contributed by atoms with Gasteiger partial charge in [-0.3, -0.25) is 10.1 Å². The van der Waals surface area contributed by atoms with Crippen LogP contribution in [0.4, 0.5) is 11.6 Å². The molecule has 0 saturated carbocycles. The van der Waals surface area contributed by atoms with E-state index in [1.54, 1.807) is 30.4 Å². The molecule has 1 aromatic carbocycles. The molecule has 0 bridgehead atoms. The summed E-state index contributed by atoms with van der Waals surface area (Å²) < 4.78 is 5.37. The van der Waals surface area contributed by atoms with Crippen molar-refractivity contribution >= 4 is 23.6 Å². The molecule has 4 N–H and O–H groups in total. The second-order valence-corrected chi connectivity index (χ2v) is 4.05. The van der Waals surface area contributed by atoms with Gasteiger partial charge in [0, 0.05) is 6.08 Å². The van der Waals surface area contributed by atoms with Crippen LogP contribution in [0.25, 0.3) is 6.08 Å². The Morgan fingerprint density at radius 2 is 2.38 bits per heavy atom. The summed E-state index contributed by atoms with van der Waals surface area (Å²) in [5.41, 5.74) is 7.14. The molecule has 0 fully saturated rings. The highest BCUT2D eigenvalue weighted by atomic mass is 16.5. The maximum absolute atomic E-state index is 11.6. The van der Waals surface area contributed by atoms with Gasteiger partial charge in [0.05, 0.1) is 5.69 Å². The van der Waals surface area contributed by atoms with Crippen molar-refractivity contribution in [1.82, 2.24) is 15.2 Å². The summed E-state index contributed by atoms with van der Waals surface area (Å²) in [5, 5.41) is 8.68. The topological polar surface area (TPSA) is 106 Å². The number of nitrogens with two attached hydrogens (primary N) is 1. The fourth-order valence-corrected chi connectivity index (χ4v) is 1.55. The van der Waals surface area contributed by atoms with Crippen molar-refractivity contribution in [3.05, 3.63) is 48.8 Å². The molecule has 2 rings (SSSR count). The van der Waals surface area contributed by atoms with E-state index >= 15 is 0 Å². The molecular formula is C14H15N5O2. The number of nitrogen functional groups attached to an aromatic ring is 1. The molecule has 0 aliphatic heterocycles. The maximum Gasteiger partial charge on any atom is 0.250 e. The summed E-state index contributed by atoms with van der Waals surface area (Å²) in [6.07, 6.45) is 5.96. The lowest BCUT2D eigenvalue weighted by atomic mass is 10.1. The van der Waals surface area contributed by atoms with Crippen LogP contribution >= 0.6 is 0 Å². The monoisotopic (exact) mass is 285 g/mol. The Morgan fingerprint density at radius 1 is 1.52 bits per heavy atom. The molecule has 0 unspecified atom stereocenters. The van der Waals surface area contributed by atoms with Gasteiger partial charge in [-0.1, -0.05) is 18.7 Å². The second kappa shape index (κ2) is 6.90. The minimum absolute atomic E-state index is 0.289. The lowest BCUT2D eigenvalue weighted by Crippen LogP contribution is -2.09. The number of carbonyl (C=O) groups is 1. The quantitative estimate of drug-likeness (QED) is 0.424. The van der Waals surface area contributed by atoms with E-state index in [9.17, 15) is 4.79 Å². The number of ether oxygens (including phenoxy) is 1. The maximum atomic E-state index is 11.6. The molecule has 0 saturated heterocycles. The first-order chi connectivity index (χ1) is 10.2. The zero-order valence-electron chi connectivity index (χ0n) is 11.2. The van der Waals surface area contributed by atoms with Crippen LogP contribution in [0.5, 0.6) is 5.75 Å². The fourth-order valence-electron chi connectivity index (χ4n) is 1.55. The molecule has 108 valence electrons. The average Bonchev–Trinajstić information content (AvgIpc) is 2.97. The highest BCUT2D eigenvalue weighted by molar-refractivity contribution is 6.00. The van der Waals surface area contributed by atoms with Crippen molar-refractivity contribution in [2.75, 3.05) is 17.7 Å². The van der Waals surface area contributed by atoms with Gasteiger partial charge in [-0.25, -0.2) is 5.10 Å². The summed E-state index contributed by atoms with van der Waals surface area (Å²) in [6.45, 7) is 3.96. The van der Waals surface area contributed by atoms with Crippen LogP contribution in [0.15, 0.2) is 43.3 Å². The number of benzene rings is 1. The number of carbonyl (C=O) groups excluding carboxylic acids is 1. The van der Waals surface area contributed by atoms with E-state index in [1.807, 2.05) is 0 Å². The second-order valence-electron chi connectivity index (χ2n) is 4.05. The summed E-state index contributed by atoms with van der Waals surface area (Å²) >= 11 is 0. The van der Waals surface area contributed by atoms with E-state index in [1.165, 1.54) is 12.4 Å². The molecule has 0 aliphatic carbocycles. The standard InChI is InChI=1S/C14H15N5O2/c1-2-7-21-12-5-3-10(8-11(12)15)4-6-13(20)18-14-16-9-17-19-14/h2-6,8-9H,1,7,15H2,(H2,16,17,18,19,20)/b6-4-. The van der Waals surface area contributed by atoms with Crippen LogP contribution in [0, 0.1) is 0 Å². The van der Waals surface area contributed by atoms with Crippen molar-refractivity contribution in [2.45, 2.75) is 0 Å². The number of anilines is 2. The van der Waals surface area contributed by atoms with Crippen molar-refractivity contribution in [3.8, 4) is 5.75 Å². The largest absolute Gasteiger partial charge is 0.487 e. The van der Waals surface area contributed by atoms with Gasteiger partial charge in [0.1, 0.15) is 18.7 Å². The van der Waals surface area contributed by atoms with Crippen LogP contribution in [0.3, 0.4) is 0 Å². The number of nitrogens with zero attached hydrogens (tertiary/aromatic N) is 2. The predicted octanol–water partition coefficient (Wildman–Crippen LogP) is 1.60. The van der Waals surface area contributed by atoms with Gasteiger partial charge in [0.15, 0.2) is 0 Å². The number of hydrogen-bond donors (Lipinski definition) is 3. The molecule has 0 spiro atoms. The normalized spacial score (nSPS) is 10.5. The molecule has 7 heteroatoms. The molecule has 1 aromatic heterocycles. The number of hydrogen-bond acceptors (Lipinski definition) is 5. The Labute approximate surface area is 121 Å². The molecule has 21 heavy (non-hydrogen) atoms. The number of amides is 1. The molecule has 0 radical (unpaired) electrons. The lowest BCUT2D eigenvalue weighted by Gasteiger charge is -2.07. The number of H-pyrrole nitrogens is 1. The van der Waals surface area contributed by atoms with Crippen LogP contribution in [-0.2, 0) is 4.79 Å². The molecule has 0 atom stereocenters. The first kappa shape index (κ1) is 14.3. The Morgan fingerprint density at radius 3 is 3.05 bits per heavy atom. The Balaban J connectivity index is 1.98. The van der Waals surface area contributed by atoms with Crippen molar-refractivity contribution in [3.63, 3.8) is 0 Å². The number of rotatable bonds is 6. The molecule has 2 aromatic rings. The van der Waals surface area contributed by atoms with Crippen LogP contribution in [0.2, 0.25) is 0 Å². The van der Waals surface area contributed by atoms with Gasteiger partial charge >= 0.3 is 0 Å². The number of nitrogens with one attached hydrogen (secondary N) is 2. The summed E-state index contributed by atoms with van der Waals surface area (Å²) in [4.78, 5) is 15.4. The van der Waals surface area contributed by atoms with Crippen LogP contribution < -0.4 is 15.8 Å². The Hall–Kier alpha value is -3.09. The van der Waals surface area contributed by atoms with Gasteiger partial charge in [0.2, 0.25) is 5.95 Å². The van der Waals surface area contributed by atoms with E-state index in [4.69, 9.17) is 10.5 Å². The van der Waals surface area contributed by atoms with E-state index in [0.29, 0.717) is 18.0 Å². The Kier molecular flexibility index (Phi) is 4.70. The van der Waals surface area contributed by atoms with Crippen molar-refractivity contribution in [1.29, 1.82) is 0 Å². The molecule has 0 aliphatic rings. The molecule has 7 nitrogen and oxygen atoms in total. The number of aromatic amines is 1. The van der Waals surface area contributed by atoms with Gasteiger partial charge in [-0.05, 0) is 23.8 Å². The smallest absolute Gasteiger partial charge is 0.250 e. The minimum Gasteiger partial charge on any atom is -0.487 e. The van der Waals surface area contributed by atoms with Crippen molar-refractivity contribution < 1.29 is 9.53 Å². The molecule has 1 amide bonds. The minimum atomic E-state index is -0.322. The van der Waals surface area contributed by atoms with Crippen molar-refractivity contribution in [2.24, 2.45) is 0 Å². The average molecular weight is 285 g/mol. The summed E-state index contributed by atoms with van der Waals surface area (Å²) in [7, 11) is 0. The molecule has 1 heterocycles. The van der Waals surface area contributed by atoms with Crippen LogP contribution in [0.1, 0.15) is 5.56 Å². The highest BCUT2D eigenvalue weighted by Gasteiger charge is 2.02. The lowest BCUT2D eigenvalue weighted by molar-refractivity contribution is -0.111. The zero-order valence-corrected chi connectivity index (χ0v) is 11.2. The molecular weight excluding hydrogens is 270 g/mol. The van der Waals surface area contributed by atoms with E-state index < -0.39 is 0 Å². The summed E-state index contributed by atoms with van der Waals surface area (Å²) in [6, 6.07) is 5.26. The van der Waals surface area contributed by atoms with Crippen LogP contribution in [-0.4, -0.2) is 27.7 Å². The SMILES string of the molecule is C=CCOc1ccc(/C=C\C(=O)Nc2ncn[nH]2)cc1N. The zero-order chi connectivity index (χ0) is 15.1. The first-order valence-corrected chi connectivity index (χ1v) is 6.16. The fraction of sp³-hybridized carbons (Fsp3) is 0.0714. The van der Waals surface area contributed by atoms with Gasteiger partial charge in [-0.2, -0.15) is 10.1 Å². The first-order valence-electron chi connectivity index (χ1n) is 6.16. The third kappa shape index (κ3) is 4.20. The van der Waals surface area contributed by atoms with E-state index in [2.05, 4.69) is 27.1 Å². The van der Waals surface area contributed by atoms with Gasteiger partial charge in [-0.15, -0.1) is 0 Å². The highest BCUT2D eigenvalue weighted by Crippen LogP contribution is 2.23. The van der Waals surface area contributed by atoms with E-state index in [0.717, 1.165) is 5.56 Å². The summed E-state index contributed by atoms with van der Waals surface area (Å²) in [5.74, 6) is 0.549. The van der Waals surface area contributed by atoms with E-state index in [-0.39, 0.29) is 11.9 Å². The van der Waals surface area contributed by atoms with Gasteiger partial charge in [0.25, 0.3) is 5.91 Å².